The third kappa shape index (κ3) is 15.4. The first kappa shape index (κ1) is 40.4. The van der Waals surface area contributed by atoms with E-state index in [-0.39, 0.29) is 54.6 Å². The lowest BCUT2D eigenvalue weighted by Crippen LogP contribution is -2.15. The van der Waals surface area contributed by atoms with Crippen LogP contribution in [0, 0.1) is 28.6 Å². The van der Waals surface area contributed by atoms with Crippen LogP contribution < -0.4 is 0 Å². The summed E-state index contributed by atoms with van der Waals surface area (Å²) < 4.78 is 25.7. The number of benzene rings is 2. The average molecular weight is 683 g/mol. The fourth-order valence-corrected chi connectivity index (χ4v) is 4.20. The van der Waals surface area contributed by atoms with Crippen molar-refractivity contribution >= 4 is 36.0 Å². The number of aryl methyl sites for hydroxylation is 1. The van der Waals surface area contributed by atoms with E-state index in [0.29, 0.717) is 24.3 Å². The quantitative estimate of drug-likeness (QED) is 0.0557. The van der Waals surface area contributed by atoms with Gasteiger partial charge in [-0.25, -0.2) is 19.2 Å². The Labute approximate surface area is 293 Å². The summed E-state index contributed by atoms with van der Waals surface area (Å²) in [6, 6.07) is 18.7. The zero-order valence-corrected chi connectivity index (χ0v) is 28.7. The molecule has 11 heteroatoms. The molecule has 0 aliphatic heterocycles. The van der Waals surface area contributed by atoms with Crippen molar-refractivity contribution in [2.75, 3.05) is 39.6 Å². The monoisotopic (exact) mass is 682 g/mol. The molecule has 1 atom stereocenters. The molecular weight excluding hydrogens is 640 g/mol. The number of nitriles is 2. The summed E-state index contributed by atoms with van der Waals surface area (Å²) in [4.78, 5) is 47.2. The zero-order valence-electron chi connectivity index (χ0n) is 28.7. The first-order chi connectivity index (χ1) is 23.9. The fourth-order valence-electron chi connectivity index (χ4n) is 4.20. The molecule has 0 aromatic heterocycles. The van der Waals surface area contributed by atoms with E-state index in [0.717, 1.165) is 30.4 Å². The first-order valence-corrected chi connectivity index (χ1v) is 15.9. The standard InChI is InChI=1S/C39H42N2O9/c1-27(2)36(42)47-17-19-49-38(44)34(24-40)22-32-10-8-30(9-11-32)7-6-16-46-26-29(5)21-31-12-14-33(15-13-31)23-35(25-41)39(45)50-20-18-48-37(43)28(3)4/h8-15,22-23,29H,1,3,6-7,16-21,26H2,2,4-5H3/b34-22+,35-23+. The molecule has 0 heterocycles. The maximum Gasteiger partial charge on any atom is 0.349 e. The number of hydrogen-bond acceptors (Lipinski definition) is 11. The molecule has 0 bridgehead atoms. The van der Waals surface area contributed by atoms with Gasteiger partial charge >= 0.3 is 23.9 Å². The Balaban J connectivity index is 1.72. The lowest BCUT2D eigenvalue weighted by molar-refractivity contribution is -0.147. The summed E-state index contributed by atoms with van der Waals surface area (Å²) in [7, 11) is 0. The van der Waals surface area contributed by atoms with Gasteiger partial charge in [0.05, 0.1) is 0 Å². The summed E-state index contributed by atoms with van der Waals surface area (Å²) in [6.45, 7) is 12.6. The molecule has 0 radical (unpaired) electrons. The molecule has 0 spiro atoms. The molecule has 0 amide bonds. The minimum Gasteiger partial charge on any atom is -0.459 e. The third-order valence-corrected chi connectivity index (χ3v) is 6.80. The summed E-state index contributed by atoms with van der Waals surface area (Å²) in [5.74, 6) is -2.50. The smallest absolute Gasteiger partial charge is 0.349 e. The van der Waals surface area contributed by atoms with Crippen molar-refractivity contribution in [3.05, 3.63) is 106 Å². The molecule has 2 aromatic carbocycles. The highest BCUT2D eigenvalue weighted by Crippen LogP contribution is 2.15. The molecular formula is C39H42N2O9. The summed E-state index contributed by atoms with van der Waals surface area (Å²) in [6.07, 6.45) is 5.29. The van der Waals surface area contributed by atoms with Crippen molar-refractivity contribution in [1.82, 2.24) is 0 Å². The van der Waals surface area contributed by atoms with Gasteiger partial charge in [0.25, 0.3) is 0 Å². The van der Waals surface area contributed by atoms with Gasteiger partial charge in [0.1, 0.15) is 49.7 Å². The minimum absolute atomic E-state index is 0.130. The Morgan fingerprint density at radius 1 is 0.660 bits per heavy atom. The van der Waals surface area contributed by atoms with E-state index in [1.165, 1.54) is 26.0 Å². The van der Waals surface area contributed by atoms with Crippen LogP contribution in [-0.4, -0.2) is 63.5 Å². The highest BCUT2D eigenvalue weighted by Gasteiger charge is 2.13. The Morgan fingerprint density at radius 2 is 1.06 bits per heavy atom. The van der Waals surface area contributed by atoms with Gasteiger partial charge < -0.3 is 23.7 Å². The number of carbonyl (C=O) groups excluding carboxylic acids is 4. The molecule has 262 valence electrons. The second-order valence-electron chi connectivity index (χ2n) is 11.4. The van der Waals surface area contributed by atoms with Crippen LogP contribution >= 0.6 is 0 Å². The van der Waals surface area contributed by atoms with Gasteiger partial charge in [-0.05, 0) is 73.4 Å². The molecule has 0 N–H and O–H groups in total. The van der Waals surface area contributed by atoms with Crippen LogP contribution in [0.1, 0.15) is 49.4 Å². The molecule has 0 aliphatic rings. The summed E-state index contributed by atoms with van der Waals surface area (Å²) in [5.41, 5.74) is 3.67. The van der Waals surface area contributed by atoms with E-state index < -0.39 is 23.9 Å². The van der Waals surface area contributed by atoms with E-state index in [1.807, 2.05) is 60.7 Å². The molecule has 2 aromatic rings. The molecule has 0 saturated heterocycles. The number of ether oxygens (including phenoxy) is 5. The van der Waals surface area contributed by atoms with Crippen molar-refractivity contribution in [2.24, 2.45) is 5.92 Å². The van der Waals surface area contributed by atoms with E-state index in [1.54, 1.807) is 0 Å². The van der Waals surface area contributed by atoms with Crippen LogP contribution in [0.15, 0.2) is 84.0 Å². The lowest BCUT2D eigenvalue weighted by Gasteiger charge is -2.12. The van der Waals surface area contributed by atoms with Gasteiger partial charge in [0.2, 0.25) is 0 Å². The van der Waals surface area contributed by atoms with Gasteiger partial charge in [0, 0.05) is 24.4 Å². The highest BCUT2D eigenvalue weighted by molar-refractivity contribution is 5.98. The predicted molar refractivity (Wildman–Crippen MR) is 186 cm³/mol. The highest BCUT2D eigenvalue weighted by atomic mass is 16.6. The van der Waals surface area contributed by atoms with Crippen LogP contribution in [-0.2, 0) is 55.7 Å². The minimum atomic E-state index is -0.800. The van der Waals surface area contributed by atoms with Crippen LogP contribution in [0.4, 0.5) is 0 Å². The number of nitrogens with zero attached hydrogens (tertiary/aromatic N) is 2. The molecule has 2 rings (SSSR count). The van der Waals surface area contributed by atoms with Gasteiger partial charge in [-0.3, -0.25) is 0 Å². The second kappa shape index (κ2) is 22.0. The van der Waals surface area contributed by atoms with Crippen molar-refractivity contribution in [1.29, 1.82) is 10.5 Å². The van der Waals surface area contributed by atoms with Crippen LogP contribution in [0.2, 0.25) is 0 Å². The van der Waals surface area contributed by atoms with Crippen molar-refractivity contribution in [3.63, 3.8) is 0 Å². The first-order valence-electron chi connectivity index (χ1n) is 15.9. The third-order valence-electron chi connectivity index (χ3n) is 6.80. The van der Waals surface area contributed by atoms with Crippen molar-refractivity contribution in [2.45, 2.75) is 40.0 Å². The molecule has 1 unspecified atom stereocenters. The summed E-state index contributed by atoms with van der Waals surface area (Å²) in [5, 5.41) is 18.7. The van der Waals surface area contributed by atoms with Gasteiger partial charge in [-0.15, -0.1) is 0 Å². The van der Waals surface area contributed by atoms with E-state index in [9.17, 15) is 29.7 Å². The largest absolute Gasteiger partial charge is 0.459 e. The number of hydrogen-bond donors (Lipinski definition) is 0. The summed E-state index contributed by atoms with van der Waals surface area (Å²) >= 11 is 0. The molecule has 0 fully saturated rings. The lowest BCUT2D eigenvalue weighted by atomic mass is 10.0. The second-order valence-corrected chi connectivity index (χ2v) is 11.4. The zero-order chi connectivity index (χ0) is 36.9. The van der Waals surface area contributed by atoms with E-state index in [2.05, 4.69) is 20.1 Å². The topological polar surface area (TPSA) is 162 Å². The van der Waals surface area contributed by atoms with Crippen LogP contribution in [0.25, 0.3) is 12.2 Å². The maximum atomic E-state index is 12.2. The Morgan fingerprint density at radius 3 is 1.46 bits per heavy atom. The van der Waals surface area contributed by atoms with Crippen molar-refractivity contribution in [3.8, 4) is 12.1 Å². The van der Waals surface area contributed by atoms with Crippen LogP contribution in [0.5, 0.6) is 0 Å². The predicted octanol–water partition coefficient (Wildman–Crippen LogP) is 5.65. The molecule has 11 nitrogen and oxygen atoms in total. The Hall–Kier alpha value is -5.78. The van der Waals surface area contributed by atoms with Gasteiger partial charge in [-0.2, -0.15) is 10.5 Å². The number of carbonyl (C=O) groups is 4. The number of rotatable bonds is 20. The molecule has 50 heavy (non-hydrogen) atoms. The van der Waals surface area contributed by atoms with Gasteiger partial charge in [0.15, 0.2) is 0 Å². The van der Waals surface area contributed by atoms with E-state index >= 15 is 0 Å². The number of esters is 4. The Bertz CT molecular complexity index is 1660. The van der Waals surface area contributed by atoms with Crippen molar-refractivity contribution < 1.29 is 42.9 Å². The maximum absolute atomic E-state index is 12.2. The molecule has 0 aliphatic carbocycles. The van der Waals surface area contributed by atoms with Crippen LogP contribution in [0.3, 0.4) is 0 Å². The molecule has 0 saturated carbocycles. The average Bonchev–Trinajstić information content (AvgIpc) is 3.10. The van der Waals surface area contributed by atoms with Gasteiger partial charge in [-0.1, -0.05) is 68.6 Å². The normalized spacial score (nSPS) is 11.7. The Kier molecular flexibility index (Phi) is 17.7. The SMILES string of the molecule is C=C(C)C(=O)OCCOC(=O)/C(C#N)=C/c1ccc(CCCOCC(C)Cc2ccc(/C=C(\C#N)C(=O)OCCOC(=O)C(=C)C)cc2)cc1. The fraction of sp³-hybridized carbons (Fsp3) is 0.333. The van der Waals surface area contributed by atoms with E-state index in [4.69, 9.17) is 23.7 Å².